The highest BCUT2D eigenvalue weighted by atomic mass is 15.1. The Hall–Kier alpha value is -0.830. The molecule has 1 aliphatic carbocycles. The monoisotopic (exact) mass is 193 g/mol. The van der Waals surface area contributed by atoms with Crippen molar-refractivity contribution in [3.8, 4) is 0 Å². The van der Waals surface area contributed by atoms with Crippen LogP contribution >= 0.6 is 0 Å². The highest BCUT2D eigenvalue weighted by molar-refractivity contribution is 5.04. The molecule has 78 valence electrons. The molecule has 2 rings (SSSR count). The van der Waals surface area contributed by atoms with E-state index in [-0.39, 0.29) is 0 Å². The predicted molar refractivity (Wildman–Crippen MR) is 57.0 cm³/mol. The minimum Gasteiger partial charge on any atom is -0.334 e. The Balaban J connectivity index is 2.16. The SMILES string of the molecule is CCNC(c1nccn1CC)C1CC1. The molecular formula is C11H19N3. The molecule has 0 amide bonds. The first kappa shape index (κ1) is 9.71. The zero-order valence-corrected chi connectivity index (χ0v) is 9.03. The summed E-state index contributed by atoms with van der Waals surface area (Å²) in [5.41, 5.74) is 0. The Kier molecular flexibility index (Phi) is 2.87. The molecule has 1 atom stereocenters. The zero-order valence-electron chi connectivity index (χ0n) is 9.03. The van der Waals surface area contributed by atoms with E-state index in [9.17, 15) is 0 Å². The average molecular weight is 193 g/mol. The first-order valence-corrected chi connectivity index (χ1v) is 5.61. The molecule has 1 fully saturated rings. The maximum absolute atomic E-state index is 4.47. The summed E-state index contributed by atoms with van der Waals surface area (Å²) in [7, 11) is 0. The van der Waals surface area contributed by atoms with Gasteiger partial charge in [-0.05, 0) is 32.2 Å². The van der Waals surface area contributed by atoms with Gasteiger partial charge in [0.25, 0.3) is 0 Å². The maximum atomic E-state index is 4.47. The number of aromatic nitrogens is 2. The Morgan fingerprint density at radius 2 is 2.36 bits per heavy atom. The highest BCUT2D eigenvalue weighted by Crippen LogP contribution is 2.40. The van der Waals surface area contributed by atoms with Crippen molar-refractivity contribution in [2.75, 3.05) is 6.54 Å². The van der Waals surface area contributed by atoms with Crippen LogP contribution in [0.5, 0.6) is 0 Å². The van der Waals surface area contributed by atoms with Gasteiger partial charge in [0, 0.05) is 18.9 Å². The van der Waals surface area contributed by atoms with Crippen molar-refractivity contribution in [1.29, 1.82) is 0 Å². The van der Waals surface area contributed by atoms with E-state index >= 15 is 0 Å². The summed E-state index contributed by atoms with van der Waals surface area (Å²) >= 11 is 0. The van der Waals surface area contributed by atoms with Crippen LogP contribution in [0.25, 0.3) is 0 Å². The van der Waals surface area contributed by atoms with Gasteiger partial charge in [-0.25, -0.2) is 4.98 Å². The van der Waals surface area contributed by atoms with E-state index in [1.54, 1.807) is 0 Å². The van der Waals surface area contributed by atoms with E-state index in [4.69, 9.17) is 0 Å². The van der Waals surface area contributed by atoms with Gasteiger partial charge >= 0.3 is 0 Å². The van der Waals surface area contributed by atoms with Crippen LogP contribution < -0.4 is 5.32 Å². The first-order chi connectivity index (χ1) is 6.86. The zero-order chi connectivity index (χ0) is 9.97. The van der Waals surface area contributed by atoms with E-state index < -0.39 is 0 Å². The molecule has 1 N–H and O–H groups in total. The Morgan fingerprint density at radius 1 is 1.57 bits per heavy atom. The third-order valence-electron chi connectivity index (χ3n) is 2.88. The van der Waals surface area contributed by atoms with Crippen molar-refractivity contribution in [2.24, 2.45) is 5.92 Å². The van der Waals surface area contributed by atoms with E-state index in [1.165, 1.54) is 18.7 Å². The quantitative estimate of drug-likeness (QED) is 0.774. The van der Waals surface area contributed by atoms with Crippen LogP contribution in [-0.4, -0.2) is 16.1 Å². The number of aryl methyl sites for hydroxylation is 1. The molecule has 0 radical (unpaired) electrons. The number of hydrogen-bond donors (Lipinski definition) is 1. The highest BCUT2D eigenvalue weighted by Gasteiger charge is 2.33. The molecule has 0 spiro atoms. The van der Waals surface area contributed by atoms with Crippen LogP contribution in [0.2, 0.25) is 0 Å². The van der Waals surface area contributed by atoms with Gasteiger partial charge in [-0.2, -0.15) is 0 Å². The first-order valence-electron chi connectivity index (χ1n) is 5.61. The topological polar surface area (TPSA) is 29.9 Å². The van der Waals surface area contributed by atoms with Gasteiger partial charge in [0.15, 0.2) is 0 Å². The summed E-state index contributed by atoms with van der Waals surface area (Å²) in [5.74, 6) is 2.04. The fourth-order valence-electron chi connectivity index (χ4n) is 1.99. The van der Waals surface area contributed by atoms with Gasteiger partial charge in [-0.3, -0.25) is 0 Å². The standard InChI is InChI=1S/C11H19N3/c1-3-12-10(9-5-6-9)11-13-7-8-14(11)4-2/h7-10,12H,3-6H2,1-2H3. The van der Waals surface area contributed by atoms with Crippen molar-refractivity contribution in [2.45, 2.75) is 39.3 Å². The van der Waals surface area contributed by atoms with Crippen LogP contribution in [-0.2, 0) is 6.54 Å². The summed E-state index contributed by atoms with van der Waals surface area (Å²) in [6.45, 7) is 6.37. The van der Waals surface area contributed by atoms with Crippen LogP contribution in [0.15, 0.2) is 12.4 Å². The van der Waals surface area contributed by atoms with Crippen LogP contribution in [0.3, 0.4) is 0 Å². The van der Waals surface area contributed by atoms with Gasteiger partial charge in [0.05, 0.1) is 6.04 Å². The summed E-state index contributed by atoms with van der Waals surface area (Å²) in [4.78, 5) is 4.47. The lowest BCUT2D eigenvalue weighted by Crippen LogP contribution is -2.25. The Labute approximate surface area is 85.5 Å². The maximum Gasteiger partial charge on any atom is 0.126 e. The molecule has 1 heterocycles. The van der Waals surface area contributed by atoms with E-state index in [2.05, 4.69) is 34.9 Å². The molecule has 0 saturated heterocycles. The van der Waals surface area contributed by atoms with E-state index in [0.717, 1.165) is 19.0 Å². The minimum atomic E-state index is 0.481. The number of hydrogen-bond acceptors (Lipinski definition) is 2. The van der Waals surface area contributed by atoms with Gasteiger partial charge in [0.1, 0.15) is 5.82 Å². The molecule has 1 aliphatic rings. The Morgan fingerprint density at radius 3 is 2.93 bits per heavy atom. The molecular weight excluding hydrogens is 174 g/mol. The second-order valence-electron chi connectivity index (χ2n) is 3.94. The molecule has 1 aromatic heterocycles. The van der Waals surface area contributed by atoms with Crippen molar-refractivity contribution in [3.63, 3.8) is 0 Å². The van der Waals surface area contributed by atoms with E-state index in [0.29, 0.717) is 6.04 Å². The van der Waals surface area contributed by atoms with Gasteiger partial charge in [-0.1, -0.05) is 6.92 Å². The second kappa shape index (κ2) is 4.13. The number of imidazole rings is 1. The van der Waals surface area contributed by atoms with Crippen molar-refractivity contribution in [1.82, 2.24) is 14.9 Å². The summed E-state index contributed by atoms with van der Waals surface area (Å²) < 4.78 is 2.24. The molecule has 0 bridgehead atoms. The predicted octanol–water partition coefficient (Wildman–Crippen LogP) is 1.96. The number of nitrogens with one attached hydrogen (secondary N) is 1. The molecule has 1 saturated carbocycles. The van der Waals surface area contributed by atoms with Crippen molar-refractivity contribution < 1.29 is 0 Å². The van der Waals surface area contributed by atoms with Crippen LogP contribution in [0.1, 0.15) is 38.6 Å². The molecule has 1 aromatic rings. The third-order valence-corrected chi connectivity index (χ3v) is 2.88. The third kappa shape index (κ3) is 1.82. The molecule has 0 aliphatic heterocycles. The van der Waals surface area contributed by atoms with Gasteiger partial charge < -0.3 is 9.88 Å². The lowest BCUT2D eigenvalue weighted by atomic mass is 10.1. The Bertz CT molecular complexity index is 288. The summed E-state index contributed by atoms with van der Waals surface area (Å²) in [5, 5.41) is 3.54. The summed E-state index contributed by atoms with van der Waals surface area (Å²) in [6, 6.07) is 0.481. The molecule has 1 unspecified atom stereocenters. The smallest absolute Gasteiger partial charge is 0.126 e. The fourth-order valence-corrected chi connectivity index (χ4v) is 1.99. The van der Waals surface area contributed by atoms with E-state index in [1.807, 2.05) is 6.20 Å². The summed E-state index contributed by atoms with van der Waals surface area (Å²) in [6.07, 6.45) is 6.69. The normalized spacial score (nSPS) is 18.4. The molecule has 3 nitrogen and oxygen atoms in total. The van der Waals surface area contributed by atoms with Gasteiger partial charge in [0.2, 0.25) is 0 Å². The van der Waals surface area contributed by atoms with Crippen LogP contribution in [0.4, 0.5) is 0 Å². The largest absolute Gasteiger partial charge is 0.334 e. The van der Waals surface area contributed by atoms with Crippen molar-refractivity contribution >= 4 is 0 Å². The van der Waals surface area contributed by atoms with Crippen molar-refractivity contribution in [3.05, 3.63) is 18.2 Å². The fraction of sp³-hybridized carbons (Fsp3) is 0.727. The lowest BCUT2D eigenvalue weighted by Gasteiger charge is -2.17. The lowest BCUT2D eigenvalue weighted by molar-refractivity contribution is 0.452. The molecule has 0 aromatic carbocycles. The van der Waals surface area contributed by atoms with Gasteiger partial charge in [-0.15, -0.1) is 0 Å². The number of rotatable bonds is 5. The van der Waals surface area contributed by atoms with Crippen LogP contribution in [0, 0.1) is 5.92 Å². The number of nitrogens with zero attached hydrogens (tertiary/aromatic N) is 2. The average Bonchev–Trinajstić information content (AvgIpc) is 2.92. The molecule has 14 heavy (non-hydrogen) atoms. The molecule has 3 heteroatoms. The second-order valence-corrected chi connectivity index (χ2v) is 3.94. The minimum absolute atomic E-state index is 0.481.